The van der Waals surface area contributed by atoms with Crippen molar-refractivity contribution in [2.75, 3.05) is 11.9 Å². The zero-order chi connectivity index (χ0) is 10.6. The fourth-order valence-electron chi connectivity index (χ4n) is 1.44. The SMILES string of the molecule is CCC(C)CNc1ccc(C)cc1C. The van der Waals surface area contributed by atoms with Crippen LogP contribution >= 0.6 is 0 Å². The molecule has 1 aromatic rings. The monoisotopic (exact) mass is 191 g/mol. The Morgan fingerprint density at radius 2 is 2.00 bits per heavy atom. The van der Waals surface area contributed by atoms with Crippen LogP contribution in [0.3, 0.4) is 0 Å². The molecule has 0 radical (unpaired) electrons. The number of anilines is 1. The highest BCUT2D eigenvalue weighted by Crippen LogP contribution is 2.16. The van der Waals surface area contributed by atoms with Crippen molar-refractivity contribution in [1.82, 2.24) is 0 Å². The van der Waals surface area contributed by atoms with Crippen LogP contribution in [-0.4, -0.2) is 6.54 Å². The summed E-state index contributed by atoms with van der Waals surface area (Å²) in [6.45, 7) is 9.86. The van der Waals surface area contributed by atoms with Gasteiger partial charge in [0.05, 0.1) is 0 Å². The van der Waals surface area contributed by atoms with Crippen molar-refractivity contribution >= 4 is 5.69 Å². The molecule has 78 valence electrons. The Bertz CT molecular complexity index is 291. The van der Waals surface area contributed by atoms with E-state index in [0.717, 1.165) is 12.5 Å². The van der Waals surface area contributed by atoms with Crippen LogP contribution in [0.2, 0.25) is 0 Å². The molecule has 0 aliphatic carbocycles. The highest BCUT2D eigenvalue weighted by molar-refractivity contribution is 5.51. The van der Waals surface area contributed by atoms with Gasteiger partial charge in [-0.3, -0.25) is 0 Å². The summed E-state index contributed by atoms with van der Waals surface area (Å²) < 4.78 is 0. The predicted molar refractivity (Wildman–Crippen MR) is 63.9 cm³/mol. The van der Waals surface area contributed by atoms with Crippen molar-refractivity contribution < 1.29 is 0 Å². The van der Waals surface area contributed by atoms with E-state index < -0.39 is 0 Å². The molecule has 0 aliphatic rings. The Labute approximate surface area is 87.5 Å². The first-order valence-corrected chi connectivity index (χ1v) is 5.44. The standard InChI is InChI=1S/C13H21N/c1-5-10(2)9-14-13-7-6-11(3)8-12(13)4/h6-8,10,14H,5,9H2,1-4H3. The second kappa shape index (κ2) is 5.04. The second-order valence-electron chi connectivity index (χ2n) is 4.21. The fourth-order valence-corrected chi connectivity index (χ4v) is 1.44. The Hall–Kier alpha value is -0.980. The van der Waals surface area contributed by atoms with E-state index in [-0.39, 0.29) is 0 Å². The maximum Gasteiger partial charge on any atom is 0.0370 e. The lowest BCUT2D eigenvalue weighted by Gasteiger charge is -2.13. The van der Waals surface area contributed by atoms with Crippen molar-refractivity contribution in [1.29, 1.82) is 0 Å². The lowest BCUT2D eigenvalue weighted by atomic mass is 10.1. The Morgan fingerprint density at radius 1 is 1.29 bits per heavy atom. The van der Waals surface area contributed by atoms with Crippen molar-refractivity contribution in [2.45, 2.75) is 34.1 Å². The number of hydrogen-bond donors (Lipinski definition) is 1. The van der Waals surface area contributed by atoms with Gasteiger partial charge in [0.1, 0.15) is 0 Å². The zero-order valence-corrected chi connectivity index (χ0v) is 9.72. The third-order valence-electron chi connectivity index (χ3n) is 2.72. The molecule has 14 heavy (non-hydrogen) atoms. The molecule has 1 aromatic carbocycles. The number of hydrogen-bond acceptors (Lipinski definition) is 1. The van der Waals surface area contributed by atoms with Crippen LogP contribution in [0.5, 0.6) is 0 Å². The molecule has 0 spiro atoms. The molecule has 1 N–H and O–H groups in total. The number of nitrogens with one attached hydrogen (secondary N) is 1. The smallest absolute Gasteiger partial charge is 0.0370 e. The van der Waals surface area contributed by atoms with Crippen molar-refractivity contribution in [2.24, 2.45) is 5.92 Å². The normalized spacial score (nSPS) is 12.6. The van der Waals surface area contributed by atoms with Crippen molar-refractivity contribution in [3.8, 4) is 0 Å². The summed E-state index contributed by atoms with van der Waals surface area (Å²) >= 11 is 0. The van der Waals surface area contributed by atoms with Gasteiger partial charge in [-0.15, -0.1) is 0 Å². The maximum atomic E-state index is 3.49. The minimum absolute atomic E-state index is 0.746. The summed E-state index contributed by atoms with van der Waals surface area (Å²) in [4.78, 5) is 0. The van der Waals surface area contributed by atoms with Gasteiger partial charge in [0.2, 0.25) is 0 Å². The molecule has 0 aromatic heterocycles. The molecule has 1 atom stereocenters. The van der Waals surface area contributed by atoms with E-state index in [1.54, 1.807) is 0 Å². The third kappa shape index (κ3) is 3.06. The number of benzene rings is 1. The first-order valence-electron chi connectivity index (χ1n) is 5.44. The van der Waals surface area contributed by atoms with E-state index in [9.17, 15) is 0 Å². The first kappa shape index (κ1) is 11.1. The lowest BCUT2D eigenvalue weighted by molar-refractivity contribution is 0.593. The van der Waals surface area contributed by atoms with Gasteiger partial charge in [0.15, 0.2) is 0 Å². The summed E-state index contributed by atoms with van der Waals surface area (Å²) in [6.07, 6.45) is 1.23. The molecule has 0 amide bonds. The largest absolute Gasteiger partial charge is 0.385 e. The van der Waals surface area contributed by atoms with Crippen molar-refractivity contribution in [3.05, 3.63) is 29.3 Å². The molecular weight excluding hydrogens is 170 g/mol. The van der Waals surface area contributed by atoms with Crippen LogP contribution in [0.15, 0.2) is 18.2 Å². The second-order valence-corrected chi connectivity index (χ2v) is 4.21. The highest BCUT2D eigenvalue weighted by atomic mass is 14.9. The van der Waals surface area contributed by atoms with Crippen LogP contribution in [0, 0.1) is 19.8 Å². The number of aryl methyl sites for hydroxylation is 2. The van der Waals surface area contributed by atoms with Crippen LogP contribution in [0.25, 0.3) is 0 Å². The molecule has 0 aliphatic heterocycles. The van der Waals surface area contributed by atoms with E-state index in [2.05, 4.69) is 51.2 Å². The van der Waals surface area contributed by atoms with Gasteiger partial charge in [-0.1, -0.05) is 38.0 Å². The van der Waals surface area contributed by atoms with Gasteiger partial charge in [-0.2, -0.15) is 0 Å². The van der Waals surface area contributed by atoms with Gasteiger partial charge in [0.25, 0.3) is 0 Å². The lowest BCUT2D eigenvalue weighted by Crippen LogP contribution is -2.10. The van der Waals surface area contributed by atoms with Crippen molar-refractivity contribution in [3.63, 3.8) is 0 Å². The van der Waals surface area contributed by atoms with E-state index in [0.29, 0.717) is 0 Å². The summed E-state index contributed by atoms with van der Waals surface area (Å²) in [5, 5.41) is 3.49. The van der Waals surface area contributed by atoms with Crippen LogP contribution in [0.1, 0.15) is 31.4 Å². The molecule has 0 bridgehead atoms. The number of rotatable bonds is 4. The summed E-state index contributed by atoms with van der Waals surface area (Å²) in [6, 6.07) is 6.55. The van der Waals surface area contributed by atoms with Crippen LogP contribution in [-0.2, 0) is 0 Å². The van der Waals surface area contributed by atoms with Gasteiger partial charge in [0, 0.05) is 12.2 Å². The molecule has 0 saturated carbocycles. The minimum Gasteiger partial charge on any atom is -0.385 e. The first-order chi connectivity index (χ1) is 6.63. The van der Waals surface area contributed by atoms with E-state index in [4.69, 9.17) is 0 Å². The molecule has 1 nitrogen and oxygen atoms in total. The van der Waals surface area contributed by atoms with Gasteiger partial charge >= 0.3 is 0 Å². The average molecular weight is 191 g/mol. The quantitative estimate of drug-likeness (QED) is 0.764. The summed E-state index contributed by atoms with van der Waals surface area (Å²) in [5.74, 6) is 0.746. The van der Waals surface area contributed by atoms with E-state index in [1.165, 1.54) is 23.2 Å². The average Bonchev–Trinajstić information content (AvgIpc) is 2.16. The summed E-state index contributed by atoms with van der Waals surface area (Å²) in [5.41, 5.74) is 3.95. The molecule has 0 fully saturated rings. The minimum atomic E-state index is 0.746. The topological polar surface area (TPSA) is 12.0 Å². The van der Waals surface area contributed by atoms with Gasteiger partial charge in [-0.25, -0.2) is 0 Å². The van der Waals surface area contributed by atoms with Crippen LogP contribution < -0.4 is 5.32 Å². The fraction of sp³-hybridized carbons (Fsp3) is 0.538. The molecule has 1 rings (SSSR count). The summed E-state index contributed by atoms with van der Waals surface area (Å²) in [7, 11) is 0. The Balaban J connectivity index is 2.59. The van der Waals surface area contributed by atoms with E-state index in [1.807, 2.05) is 0 Å². The molecule has 0 saturated heterocycles. The van der Waals surface area contributed by atoms with Gasteiger partial charge < -0.3 is 5.32 Å². The third-order valence-corrected chi connectivity index (χ3v) is 2.72. The Morgan fingerprint density at radius 3 is 2.57 bits per heavy atom. The highest BCUT2D eigenvalue weighted by Gasteiger charge is 2.00. The molecular formula is C13H21N. The van der Waals surface area contributed by atoms with Crippen LogP contribution in [0.4, 0.5) is 5.69 Å². The zero-order valence-electron chi connectivity index (χ0n) is 9.72. The van der Waals surface area contributed by atoms with Gasteiger partial charge in [-0.05, 0) is 31.4 Å². The van der Waals surface area contributed by atoms with E-state index >= 15 is 0 Å². The maximum absolute atomic E-state index is 3.49. The molecule has 1 unspecified atom stereocenters. The molecule has 1 heteroatoms. The molecule has 0 heterocycles. The Kier molecular flexibility index (Phi) is 3.99. The predicted octanol–water partition coefficient (Wildman–Crippen LogP) is 3.76.